The van der Waals surface area contributed by atoms with Crippen LogP contribution in [0.2, 0.25) is 0 Å². The quantitative estimate of drug-likeness (QED) is 0.873. The second-order valence-electron chi connectivity index (χ2n) is 5.41. The van der Waals surface area contributed by atoms with E-state index in [4.69, 9.17) is 4.74 Å². The van der Waals surface area contributed by atoms with Gasteiger partial charge in [0.1, 0.15) is 5.75 Å². The molecule has 22 heavy (non-hydrogen) atoms. The molecule has 1 fully saturated rings. The van der Waals surface area contributed by atoms with Crippen LogP contribution in [0, 0.1) is 0 Å². The van der Waals surface area contributed by atoms with Crippen LogP contribution >= 0.6 is 0 Å². The number of hydrogen-bond acceptors (Lipinski definition) is 4. The van der Waals surface area contributed by atoms with E-state index in [-0.39, 0.29) is 24.5 Å². The predicted molar refractivity (Wildman–Crippen MR) is 74.7 cm³/mol. The molecule has 7 heteroatoms. The summed E-state index contributed by atoms with van der Waals surface area (Å²) in [5.41, 5.74) is 0.953. The van der Waals surface area contributed by atoms with Gasteiger partial charge in [-0.25, -0.2) is 0 Å². The fraction of sp³-hybridized carbons (Fsp3) is 0.600. The van der Waals surface area contributed by atoms with E-state index in [2.05, 4.69) is 9.64 Å². The van der Waals surface area contributed by atoms with E-state index in [1.54, 1.807) is 19.2 Å². The van der Waals surface area contributed by atoms with Crippen LogP contribution in [0.25, 0.3) is 0 Å². The molecule has 1 N–H and O–H groups in total. The molecule has 0 aromatic heterocycles. The van der Waals surface area contributed by atoms with Crippen molar-refractivity contribution in [2.45, 2.75) is 31.3 Å². The number of halogens is 3. The van der Waals surface area contributed by atoms with Crippen LogP contribution < -0.4 is 4.74 Å². The van der Waals surface area contributed by atoms with Crippen molar-refractivity contribution in [3.05, 3.63) is 29.8 Å². The Hall–Kier alpha value is -1.31. The molecule has 1 aromatic rings. The molecule has 2 atom stereocenters. The Morgan fingerprint density at radius 2 is 1.95 bits per heavy atom. The average Bonchev–Trinajstić information content (AvgIpc) is 2.88. The number of likely N-dealkylation sites (tertiary alicyclic amines) is 1. The molecule has 2 rings (SSSR count). The van der Waals surface area contributed by atoms with Crippen LogP contribution in [0.1, 0.15) is 12.0 Å². The van der Waals surface area contributed by atoms with Crippen LogP contribution in [-0.2, 0) is 11.3 Å². The molecule has 0 saturated carbocycles. The first-order chi connectivity index (χ1) is 10.4. The fourth-order valence-corrected chi connectivity index (χ4v) is 2.58. The van der Waals surface area contributed by atoms with Crippen molar-refractivity contribution >= 4 is 0 Å². The summed E-state index contributed by atoms with van der Waals surface area (Å²) < 4.78 is 46.2. The Morgan fingerprint density at radius 1 is 1.27 bits per heavy atom. The van der Waals surface area contributed by atoms with Crippen molar-refractivity contribution in [1.29, 1.82) is 0 Å². The number of aliphatic hydroxyl groups is 1. The lowest BCUT2D eigenvalue weighted by Gasteiger charge is -2.22. The number of methoxy groups -OCH3 is 1. The Bertz CT molecular complexity index is 464. The summed E-state index contributed by atoms with van der Waals surface area (Å²) in [6.07, 6.45) is -3.45. The molecule has 1 aliphatic heterocycles. The van der Waals surface area contributed by atoms with Gasteiger partial charge in [-0.1, -0.05) is 12.1 Å². The van der Waals surface area contributed by atoms with Crippen LogP contribution in [0.15, 0.2) is 24.3 Å². The summed E-state index contributed by atoms with van der Waals surface area (Å²) in [4.78, 5) is 2.11. The number of benzene rings is 1. The largest absolute Gasteiger partial charge is 0.484 e. The number of rotatable bonds is 6. The topological polar surface area (TPSA) is 41.9 Å². The number of ether oxygens (including phenoxy) is 2. The fourth-order valence-electron chi connectivity index (χ4n) is 2.58. The molecule has 0 spiro atoms. The molecule has 1 aliphatic rings. The standard InChI is InChI=1S/C15H20F3NO3/c1-21-14-6-12(9-20)19(8-14)7-11-2-4-13(5-3-11)22-10-15(16,17)18/h2-5,12,14,20H,6-10H2,1H3/t12-,14-/m0/s1. The first kappa shape index (κ1) is 17.1. The highest BCUT2D eigenvalue weighted by atomic mass is 19.4. The van der Waals surface area contributed by atoms with E-state index >= 15 is 0 Å². The minimum absolute atomic E-state index is 0.0473. The molecule has 4 nitrogen and oxygen atoms in total. The van der Waals surface area contributed by atoms with Crippen LogP contribution in [0.4, 0.5) is 13.2 Å². The van der Waals surface area contributed by atoms with Crippen molar-refractivity contribution in [3.8, 4) is 5.75 Å². The van der Waals surface area contributed by atoms with Crippen molar-refractivity contribution in [1.82, 2.24) is 4.90 Å². The molecule has 0 amide bonds. The third-order valence-electron chi connectivity index (χ3n) is 3.75. The van der Waals surface area contributed by atoms with Crippen molar-refractivity contribution in [2.24, 2.45) is 0 Å². The second kappa shape index (κ2) is 7.30. The van der Waals surface area contributed by atoms with Gasteiger partial charge in [0, 0.05) is 26.2 Å². The first-order valence-electron chi connectivity index (χ1n) is 7.07. The summed E-state index contributed by atoms with van der Waals surface area (Å²) in [6.45, 7) is 0.117. The van der Waals surface area contributed by atoms with Crippen molar-refractivity contribution in [2.75, 3.05) is 26.9 Å². The van der Waals surface area contributed by atoms with Crippen LogP contribution in [0.5, 0.6) is 5.75 Å². The third kappa shape index (κ3) is 4.86. The van der Waals surface area contributed by atoms with Gasteiger partial charge in [-0.3, -0.25) is 4.90 Å². The van der Waals surface area contributed by atoms with Gasteiger partial charge in [0.05, 0.1) is 12.7 Å². The number of hydrogen-bond donors (Lipinski definition) is 1. The van der Waals surface area contributed by atoms with Crippen LogP contribution in [-0.4, -0.2) is 55.2 Å². The lowest BCUT2D eigenvalue weighted by molar-refractivity contribution is -0.153. The number of nitrogens with zero attached hydrogens (tertiary/aromatic N) is 1. The molecular weight excluding hydrogens is 299 g/mol. The summed E-state index contributed by atoms with van der Waals surface area (Å²) >= 11 is 0. The van der Waals surface area contributed by atoms with Gasteiger partial charge in [0.15, 0.2) is 6.61 Å². The van der Waals surface area contributed by atoms with E-state index in [1.807, 2.05) is 0 Å². The molecular formula is C15H20F3NO3. The molecule has 0 unspecified atom stereocenters. The molecule has 0 aliphatic carbocycles. The highest BCUT2D eigenvalue weighted by Crippen LogP contribution is 2.23. The Kier molecular flexibility index (Phi) is 5.66. The molecule has 1 heterocycles. The maximum absolute atomic E-state index is 12.1. The van der Waals surface area contributed by atoms with Crippen LogP contribution in [0.3, 0.4) is 0 Å². The molecule has 0 bridgehead atoms. The molecule has 1 aromatic carbocycles. The average molecular weight is 319 g/mol. The smallest absolute Gasteiger partial charge is 0.422 e. The molecule has 1 saturated heterocycles. The minimum Gasteiger partial charge on any atom is -0.484 e. The summed E-state index contributed by atoms with van der Waals surface area (Å²) in [6, 6.07) is 6.57. The second-order valence-corrected chi connectivity index (χ2v) is 5.41. The Morgan fingerprint density at radius 3 is 2.50 bits per heavy atom. The minimum atomic E-state index is -4.34. The predicted octanol–water partition coefficient (Wildman–Crippen LogP) is 2.21. The maximum Gasteiger partial charge on any atom is 0.422 e. The van der Waals surface area contributed by atoms with Gasteiger partial charge in [-0.05, 0) is 24.1 Å². The Balaban J connectivity index is 1.91. The van der Waals surface area contributed by atoms with Gasteiger partial charge in [-0.15, -0.1) is 0 Å². The van der Waals surface area contributed by atoms with Gasteiger partial charge in [0.25, 0.3) is 0 Å². The van der Waals surface area contributed by atoms with E-state index < -0.39 is 12.8 Å². The zero-order valence-electron chi connectivity index (χ0n) is 12.3. The monoisotopic (exact) mass is 319 g/mol. The SMILES string of the molecule is CO[C@H]1C[C@@H](CO)N(Cc2ccc(OCC(F)(F)F)cc2)C1. The number of aliphatic hydroxyl groups excluding tert-OH is 1. The van der Waals surface area contributed by atoms with Gasteiger partial charge < -0.3 is 14.6 Å². The van der Waals surface area contributed by atoms with Gasteiger partial charge >= 0.3 is 6.18 Å². The van der Waals surface area contributed by atoms with Crippen molar-refractivity contribution < 1.29 is 27.8 Å². The summed E-state index contributed by atoms with van der Waals surface area (Å²) in [7, 11) is 1.65. The molecule has 0 radical (unpaired) electrons. The highest BCUT2D eigenvalue weighted by Gasteiger charge is 2.31. The summed E-state index contributed by atoms with van der Waals surface area (Å²) in [5.74, 6) is 0.191. The van der Waals surface area contributed by atoms with E-state index in [0.717, 1.165) is 18.5 Å². The van der Waals surface area contributed by atoms with E-state index in [1.165, 1.54) is 12.1 Å². The normalized spacial score (nSPS) is 23.0. The third-order valence-corrected chi connectivity index (χ3v) is 3.75. The van der Waals surface area contributed by atoms with Crippen molar-refractivity contribution in [3.63, 3.8) is 0 Å². The number of alkyl halides is 3. The van der Waals surface area contributed by atoms with Gasteiger partial charge in [-0.2, -0.15) is 13.2 Å². The summed E-state index contributed by atoms with van der Waals surface area (Å²) in [5, 5.41) is 9.39. The molecule has 124 valence electrons. The zero-order valence-corrected chi connectivity index (χ0v) is 12.3. The highest BCUT2D eigenvalue weighted by molar-refractivity contribution is 5.27. The lowest BCUT2D eigenvalue weighted by Crippen LogP contribution is -2.31. The van der Waals surface area contributed by atoms with E-state index in [0.29, 0.717) is 6.54 Å². The maximum atomic E-state index is 12.1. The Labute approximate surface area is 127 Å². The lowest BCUT2D eigenvalue weighted by atomic mass is 10.2. The first-order valence-corrected chi connectivity index (χ1v) is 7.07. The van der Waals surface area contributed by atoms with E-state index in [9.17, 15) is 18.3 Å². The zero-order chi connectivity index (χ0) is 16.2. The van der Waals surface area contributed by atoms with Gasteiger partial charge in [0.2, 0.25) is 0 Å².